The second kappa shape index (κ2) is 7.74. The van der Waals surface area contributed by atoms with Crippen LogP contribution >= 0.6 is 0 Å². The van der Waals surface area contributed by atoms with E-state index in [2.05, 4.69) is 6.07 Å². The van der Waals surface area contributed by atoms with Crippen LogP contribution in [-0.4, -0.2) is 21.9 Å². The first kappa shape index (κ1) is 20.4. The third-order valence-corrected chi connectivity index (χ3v) is 5.35. The molecule has 0 saturated carbocycles. The summed E-state index contributed by atoms with van der Waals surface area (Å²) in [6.07, 6.45) is 0. The summed E-state index contributed by atoms with van der Waals surface area (Å²) in [5.41, 5.74) is 5.38. The van der Waals surface area contributed by atoms with Crippen molar-refractivity contribution in [2.75, 3.05) is 4.90 Å². The largest absolute Gasteiger partial charge is 0.508 e. The Morgan fingerprint density at radius 1 is 0.968 bits per heavy atom. The molecule has 0 atom stereocenters. The predicted molar refractivity (Wildman–Crippen MR) is 121 cm³/mol. The number of nitrogens with zero attached hydrogens (tertiary/aromatic N) is 2. The summed E-state index contributed by atoms with van der Waals surface area (Å²) in [6.45, 7) is 5.64. The fraction of sp³-hybridized carbons (Fsp3) is 0.120. The summed E-state index contributed by atoms with van der Waals surface area (Å²) in [4.78, 5) is 28.1. The summed E-state index contributed by atoms with van der Waals surface area (Å²) >= 11 is 0. The third kappa shape index (κ3) is 3.58. The van der Waals surface area contributed by atoms with E-state index in [-0.39, 0.29) is 11.7 Å². The molecular formula is C25H23N3O3. The number of carbonyl (C=O) groups excluding carboxylic acids is 2. The van der Waals surface area contributed by atoms with Gasteiger partial charge in [-0.05, 0) is 74.4 Å². The van der Waals surface area contributed by atoms with Crippen molar-refractivity contribution in [1.82, 2.24) is 5.01 Å². The zero-order valence-electron chi connectivity index (χ0n) is 17.6. The number of anilines is 2. The highest BCUT2D eigenvalue weighted by Crippen LogP contribution is 2.43. The molecule has 0 unspecified atom stereocenters. The number of aryl methyl sites for hydroxylation is 2. The highest BCUT2D eigenvalue weighted by Gasteiger charge is 2.36. The van der Waals surface area contributed by atoms with Crippen molar-refractivity contribution in [1.29, 1.82) is 0 Å². The van der Waals surface area contributed by atoms with E-state index >= 15 is 0 Å². The highest BCUT2D eigenvalue weighted by atomic mass is 16.3. The second-order valence-corrected chi connectivity index (χ2v) is 7.69. The standard InChI is InChI=1S/C25H23N3O3/c1-15-12-16(2)14-19(13-15)27-22-7-5-4-6-21(22)23(25(27)31)17(3)28(26)24(30)18-8-10-20(29)11-9-18/h4-14,29H,26H2,1-3H3/b23-17+. The van der Waals surface area contributed by atoms with Gasteiger partial charge < -0.3 is 5.11 Å². The van der Waals surface area contributed by atoms with Crippen LogP contribution in [0.15, 0.2) is 72.4 Å². The van der Waals surface area contributed by atoms with Crippen LogP contribution in [0.5, 0.6) is 5.75 Å². The van der Waals surface area contributed by atoms with Crippen molar-refractivity contribution in [3.05, 3.63) is 94.7 Å². The van der Waals surface area contributed by atoms with Crippen molar-refractivity contribution < 1.29 is 14.7 Å². The van der Waals surface area contributed by atoms with Crippen LogP contribution in [0.1, 0.15) is 34.0 Å². The first-order valence-corrected chi connectivity index (χ1v) is 9.89. The van der Waals surface area contributed by atoms with Crippen LogP contribution in [0.3, 0.4) is 0 Å². The van der Waals surface area contributed by atoms with Gasteiger partial charge >= 0.3 is 0 Å². The lowest BCUT2D eigenvalue weighted by atomic mass is 10.0. The Morgan fingerprint density at radius 3 is 2.23 bits per heavy atom. The van der Waals surface area contributed by atoms with E-state index in [4.69, 9.17) is 5.84 Å². The number of hydrazine groups is 1. The molecule has 31 heavy (non-hydrogen) atoms. The van der Waals surface area contributed by atoms with E-state index in [1.54, 1.807) is 11.8 Å². The maximum absolute atomic E-state index is 13.6. The molecule has 6 heteroatoms. The molecule has 0 radical (unpaired) electrons. The first-order chi connectivity index (χ1) is 14.8. The van der Waals surface area contributed by atoms with Crippen molar-refractivity contribution >= 4 is 28.8 Å². The van der Waals surface area contributed by atoms with E-state index in [0.717, 1.165) is 33.1 Å². The Morgan fingerprint density at radius 2 is 1.58 bits per heavy atom. The number of rotatable bonds is 3. The van der Waals surface area contributed by atoms with Crippen molar-refractivity contribution in [2.24, 2.45) is 5.84 Å². The minimum atomic E-state index is -0.472. The number of allylic oxidation sites excluding steroid dienone is 1. The van der Waals surface area contributed by atoms with Gasteiger partial charge in [-0.2, -0.15) is 0 Å². The van der Waals surface area contributed by atoms with Gasteiger partial charge in [-0.1, -0.05) is 24.3 Å². The maximum Gasteiger partial charge on any atom is 0.272 e. The summed E-state index contributed by atoms with van der Waals surface area (Å²) in [5, 5.41) is 10.5. The van der Waals surface area contributed by atoms with E-state index in [1.807, 2.05) is 50.2 Å². The highest BCUT2D eigenvalue weighted by molar-refractivity contribution is 6.35. The number of carbonyl (C=O) groups is 2. The normalized spacial score (nSPS) is 14.5. The zero-order chi connectivity index (χ0) is 22.3. The number of hydrogen-bond donors (Lipinski definition) is 2. The predicted octanol–water partition coefficient (Wildman–Crippen LogP) is 4.43. The molecule has 156 valence electrons. The molecular weight excluding hydrogens is 390 g/mol. The molecule has 0 bridgehead atoms. The number of hydrogen-bond acceptors (Lipinski definition) is 4. The fourth-order valence-corrected chi connectivity index (χ4v) is 3.92. The maximum atomic E-state index is 13.6. The number of fused-ring (bicyclic) bond motifs is 1. The second-order valence-electron chi connectivity index (χ2n) is 7.69. The van der Waals surface area contributed by atoms with E-state index in [0.29, 0.717) is 16.8 Å². The van der Waals surface area contributed by atoms with Gasteiger partial charge in [-0.3, -0.25) is 14.5 Å². The van der Waals surface area contributed by atoms with E-state index in [9.17, 15) is 14.7 Å². The minimum Gasteiger partial charge on any atom is -0.508 e. The van der Waals surface area contributed by atoms with Gasteiger partial charge in [-0.25, -0.2) is 10.9 Å². The third-order valence-electron chi connectivity index (χ3n) is 5.35. The average Bonchev–Trinajstić information content (AvgIpc) is 3.03. The van der Waals surface area contributed by atoms with Crippen LogP contribution in [0.25, 0.3) is 5.57 Å². The van der Waals surface area contributed by atoms with E-state index in [1.165, 1.54) is 24.3 Å². The van der Waals surface area contributed by atoms with Crippen LogP contribution in [0.2, 0.25) is 0 Å². The molecule has 1 heterocycles. The lowest BCUT2D eigenvalue weighted by Crippen LogP contribution is -2.37. The lowest BCUT2D eigenvalue weighted by Gasteiger charge is -2.20. The molecule has 0 fully saturated rings. The summed E-state index contributed by atoms with van der Waals surface area (Å²) in [7, 11) is 0. The number of amides is 2. The molecule has 0 aliphatic carbocycles. The number of phenolic OH excluding ortho intramolecular Hbond substituents is 1. The Labute approximate surface area is 180 Å². The SMILES string of the molecule is C/C(=C1\C(=O)N(c2cc(C)cc(C)c2)c2ccccc21)N(N)C(=O)c1ccc(O)cc1. The topological polar surface area (TPSA) is 86.9 Å². The van der Waals surface area contributed by atoms with Gasteiger partial charge in [0.05, 0.1) is 11.3 Å². The van der Waals surface area contributed by atoms with Gasteiger partial charge in [0.1, 0.15) is 5.75 Å². The van der Waals surface area contributed by atoms with Crippen LogP contribution in [0.4, 0.5) is 11.4 Å². The number of phenols is 1. The smallest absolute Gasteiger partial charge is 0.272 e. The molecule has 3 N–H and O–H groups in total. The molecule has 1 aliphatic heterocycles. The van der Waals surface area contributed by atoms with Crippen LogP contribution in [-0.2, 0) is 4.79 Å². The van der Waals surface area contributed by atoms with Gasteiger partial charge in [0, 0.05) is 22.5 Å². The first-order valence-electron chi connectivity index (χ1n) is 9.89. The Kier molecular flexibility index (Phi) is 5.09. The van der Waals surface area contributed by atoms with Gasteiger partial charge in [-0.15, -0.1) is 0 Å². The van der Waals surface area contributed by atoms with Gasteiger partial charge in [0.2, 0.25) is 0 Å². The molecule has 4 rings (SSSR count). The molecule has 2 amide bonds. The lowest BCUT2D eigenvalue weighted by molar-refractivity contribution is -0.112. The fourth-order valence-electron chi connectivity index (χ4n) is 3.92. The molecule has 6 nitrogen and oxygen atoms in total. The average molecular weight is 413 g/mol. The van der Waals surface area contributed by atoms with Crippen LogP contribution < -0.4 is 10.7 Å². The molecule has 3 aromatic rings. The molecule has 1 aliphatic rings. The Bertz CT molecular complexity index is 1210. The molecule has 0 aromatic heterocycles. The van der Waals surface area contributed by atoms with Gasteiger partial charge in [0.25, 0.3) is 11.8 Å². The van der Waals surface area contributed by atoms with E-state index < -0.39 is 5.91 Å². The van der Waals surface area contributed by atoms with Gasteiger partial charge in [0.15, 0.2) is 0 Å². The quantitative estimate of drug-likeness (QED) is 0.288. The summed E-state index contributed by atoms with van der Waals surface area (Å²) < 4.78 is 0. The number of benzene rings is 3. The van der Waals surface area contributed by atoms with Crippen molar-refractivity contribution in [2.45, 2.75) is 20.8 Å². The summed E-state index contributed by atoms with van der Waals surface area (Å²) in [5.74, 6) is 5.50. The number of aromatic hydroxyl groups is 1. The van der Waals surface area contributed by atoms with Crippen LogP contribution in [0, 0.1) is 13.8 Å². The summed E-state index contributed by atoms with van der Waals surface area (Å²) in [6, 6.07) is 19.3. The zero-order valence-corrected chi connectivity index (χ0v) is 17.6. The molecule has 0 saturated heterocycles. The molecule has 0 spiro atoms. The van der Waals surface area contributed by atoms with Crippen molar-refractivity contribution in [3.63, 3.8) is 0 Å². The van der Waals surface area contributed by atoms with Crippen molar-refractivity contribution in [3.8, 4) is 5.75 Å². The minimum absolute atomic E-state index is 0.0548. The molecule has 3 aromatic carbocycles. The number of nitrogens with two attached hydrogens (primary N) is 1. The Balaban J connectivity index is 1.80. The monoisotopic (exact) mass is 413 g/mol. The Hall–Kier alpha value is -3.90. The number of para-hydroxylation sites is 1.